The van der Waals surface area contributed by atoms with Crippen LogP contribution in [0.15, 0.2) is 24.3 Å². The van der Waals surface area contributed by atoms with Gasteiger partial charge in [0.2, 0.25) is 0 Å². The van der Waals surface area contributed by atoms with Crippen LogP contribution in [0, 0.1) is 0 Å². The Bertz CT molecular complexity index is 435. The van der Waals surface area contributed by atoms with Crippen molar-refractivity contribution in [3.8, 4) is 0 Å². The smallest absolute Gasteiger partial charge is 0.317 e. The molecule has 1 fully saturated rings. The Balaban J connectivity index is 2.28. The fourth-order valence-corrected chi connectivity index (χ4v) is 2.31. The molecule has 0 atom stereocenters. The fraction of sp³-hybridized carbons (Fsp3) is 0.538. The summed E-state index contributed by atoms with van der Waals surface area (Å²) < 4.78 is 63.5. The summed E-state index contributed by atoms with van der Waals surface area (Å²) in [7, 11) is 0. The van der Waals surface area contributed by atoms with Crippen molar-refractivity contribution in [1.82, 2.24) is 5.32 Å². The van der Waals surface area contributed by atoms with Gasteiger partial charge >= 0.3 is 12.1 Å². The highest BCUT2D eigenvalue weighted by molar-refractivity contribution is 5.30. The molecule has 0 saturated carbocycles. The lowest BCUT2D eigenvalue weighted by molar-refractivity contribution is -0.289. The molecule has 0 bridgehead atoms. The molecule has 1 saturated heterocycles. The van der Waals surface area contributed by atoms with E-state index in [1.54, 1.807) is 6.07 Å². The Labute approximate surface area is 107 Å². The van der Waals surface area contributed by atoms with Crippen LogP contribution in [-0.2, 0) is 5.92 Å². The molecule has 0 radical (unpaired) electrons. The summed E-state index contributed by atoms with van der Waals surface area (Å²) in [5.74, 6) is -4.75. The predicted molar refractivity (Wildman–Crippen MR) is 61.2 cm³/mol. The van der Waals surface area contributed by atoms with Crippen molar-refractivity contribution in [2.75, 3.05) is 13.1 Å². The van der Waals surface area contributed by atoms with Gasteiger partial charge in [-0.25, -0.2) is 0 Å². The van der Waals surface area contributed by atoms with Gasteiger partial charge in [-0.2, -0.15) is 22.0 Å². The largest absolute Gasteiger partial charge is 0.458 e. The minimum atomic E-state index is -5.56. The van der Waals surface area contributed by atoms with E-state index in [1.165, 1.54) is 6.07 Å². The van der Waals surface area contributed by atoms with Gasteiger partial charge in [0.1, 0.15) is 0 Å². The highest BCUT2D eigenvalue weighted by Gasteiger charge is 2.58. The minimum absolute atomic E-state index is 0.0465. The summed E-state index contributed by atoms with van der Waals surface area (Å²) in [6.07, 6.45) is -4.05. The third-order valence-corrected chi connectivity index (χ3v) is 3.42. The number of halogens is 5. The SMILES string of the molecule is FC(F)(F)C(F)(F)c1cccc(C2CCNCC2)c1. The maximum atomic E-state index is 13.3. The number of benzene rings is 1. The quantitative estimate of drug-likeness (QED) is 0.812. The number of hydrogen-bond donors (Lipinski definition) is 1. The van der Waals surface area contributed by atoms with Crippen LogP contribution in [0.4, 0.5) is 22.0 Å². The van der Waals surface area contributed by atoms with Crippen molar-refractivity contribution < 1.29 is 22.0 Å². The van der Waals surface area contributed by atoms with Gasteiger partial charge in [0.15, 0.2) is 0 Å². The highest BCUT2D eigenvalue weighted by atomic mass is 19.4. The maximum Gasteiger partial charge on any atom is 0.458 e. The molecule has 0 amide bonds. The van der Waals surface area contributed by atoms with Crippen molar-refractivity contribution >= 4 is 0 Å². The van der Waals surface area contributed by atoms with Crippen LogP contribution in [-0.4, -0.2) is 19.3 Å². The summed E-state index contributed by atoms with van der Waals surface area (Å²) in [6.45, 7) is 1.51. The van der Waals surface area contributed by atoms with Crippen molar-refractivity contribution in [3.05, 3.63) is 35.4 Å². The van der Waals surface area contributed by atoms with Gasteiger partial charge in [-0.15, -0.1) is 0 Å². The van der Waals surface area contributed by atoms with Crippen LogP contribution in [0.1, 0.15) is 29.9 Å². The molecule has 1 aromatic rings. The Morgan fingerprint density at radius 3 is 2.21 bits per heavy atom. The molecule has 1 aliphatic rings. The molecule has 6 heteroatoms. The number of hydrogen-bond acceptors (Lipinski definition) is 1. The third kappa shape index (κ3) is 2.88. The van der Waals surface area contributed by atoms with E-state index in [9.17, 15) is 22.0 Å². The normalized spacial score (nSPS) is 18.6. The van der Waals surface area contributed by atoms with E-state index < -0.39 is 17.7 Å². The molecule has 2 rings (SSSR count). The molecular formula is C13H14F5N. The zero-order valence-electron chi connectivity index (χ0n) is 10.1. The number of piperidine rings is 1. The summed E-state index contributed by atoms with van der Waals surface area (Å²) in [5.41, 5.74) is -0.418. The molecule has 0 aromatic heterocycles. The van der Waals surface area contributed by atoms with Crippen LogP contribution in [0.25, 0.3) is 0 Å². The van der Waals surface area contributed by atoms with Crippen molar-refractivity contribution in [2.24, 2.45) is 0 Å². The second-order valence-corrected chi connectivity index (χ2v) is 4.72. The van der Waals surface area contributed by atoms with Gasteiger partial charge in [0.05, 0.1) is 0 Å². The van der Waals surface area contributed by atoms with E-state index in [-0.39, 0.29) is 5.92 Å². The molecule has 0 spiro atoms. The number of nitrogens with one attached hydrogen (secondary N) is 1. The predicted octanol–water partition coefficient (Wildman–Crippen LogP) is 3.81. The van der Waals surface area contributed by atoms with E-state index in [1.807, 2.05) is 0 Å². The Morgan fingerprint density at radius 1 is 1.00 bits per heavy atom. The van der Waals surface area contributed by atoms with Gasteiger partial charge in [0, 0.05) is 5.56 Å². The van der Waals surface area contributed by atoms with E-state index in [0.29, 0.717) is 5.56 Å². The molecule has 1 nitrogen and oxygen atoms in total. The number of rotatable bonds is 2. The first-order valence-corrected chi connectivity index (χ1v) is 6.08. The van der Waals surface area contributed by atoms with Crippen LogP contribution >= 0.6 is 0 Å². The van der Waals surface area contributed by atoms with Crippen molar-refractivity contribution in [1.29, 1.82) is 0 Å². The first-order valence-electron chi connectivity index (χ1n) is 6.08. The maximum absolute atomic E-state index is 13.3. The Hall–Kier alpha value is -1.17. The topological polar surface area (TPSA) is 12.0 Å². The molecule has 1 heterocycles. The van der Waals surface area contributed by atoms with Gasteiger partial charge < -0.3 is 5.32 Å². The zero-order chi connectivity index (χ0) is 14.1. The second-order valence-electron chi connectivity index (χ2n) is 4.72. The van der Waals surface area contributed by atoms with Gasteiger partial charge in [-0.05, 0) is 43.5 Å². The Kier molecular flexibility index (Phi) is 3.80. The molecule has 106 valence electrons. The van der Waals surface area contributed by atoms with Gasteiger partial charge in [-0.3, -0.25) is 0 Å². The zero-order valence-corrected chi connectivity index (χ0v) is 10.1. The van der Waals surface area contributed by atoms with Crippen molar-refractivity contribution in [3.63, 3.8) is 0 Å². The summed E-state index contributed by atoms with van der Waals surface area (Å²) in [5, 5.41) is 3.13. The molecular weight excluding hydrogens is 265 g/mol. The highest BCUT2D eigenvalue weighted by Crippen LogP contribution is 2.44. The van der Waals surface area contributed by atoms with Gasteiger partial charge in [0.25, 0.3) is 0 Å². The lowest BCUT2D eigenvalue weighted by atomic mass is 9.88. The second kappa shape index (κ2) is 5.07. The first-order chi connectivity index (χ1) is 8.82. The van der Waals surface area contributed by atoms with Gasteiger partial charge in [-0.1, -0.05) is 18.2 Å². The average Bonchev–Trinajstić information content (AvgIpc) is 2.39. The summed E-state index contributed by atoms with van der Waals surface area (Å²) >= 11 is 0. The fourth-order valence-electron chi connectivity index (χ4n) is 2.31. The minimum Gasteiger partial charge on any atom is -0.317 e. The van der Waals surface area contributed by atoms with Crippen LogP contribution in [0.3, 0.4) is 0 Å². The first kappa shape index (κ1) is 14.2. The van der Waals surface area contributed by atoms with E-state index in [2.05, 4.69) is 5.32 Å². The molecule has 0 aliphatic carbocycles. The third-order valence-electron chi connectivity index (χ3n) is 3.42. The van der Waals surface area contributed by atoms with Crippen LogP contribution < -0.4 is 5.32 Å². The molecule has 19 heavy (non-hydrogen) atoms. The lowest BCUT2D eigenvalue weighted by Crippen LogP contribution is -2.34. The van der Waals surface area contributed by atoms with Crippen LogP contribution in [0.2, 0.25) is 0 Å². The molecule has 0 unspecified atom stereocenters. The van der Waals surface area contributed by atoms with E-state index in [0.717, 1.165) is 38.1 Å². The monoisotopic (exact) mass is 279 g/mol. The molecule has 1 aromatic carbocycles. The number of alkyl halides is 5. The lowest BCUT2D eigenvalue weighted by Gasteiger charge is -2.25. The van der Waals surface area contributed by atoms with E-state index in [4.69, 9.17) is 0 Å². The van der Waals surface area contributed by atoms with E-state index >= 15 is 0 Å². The average molecular weight is 279 g/mol. The summed E-state index contributed by atoms with van der Waals surface area (Å²) in [4.78, 5) is 0. The molecule has 1 aliphatic heterocycles. The standard InChI is InChI=1S/C13H14F5N/c14-12(15,13(16,17)18)11-3-1-2-10(8-11)9-4-6-19-7-5-9/h1-3,8-9,19H,4-7H2. The summed E-state index contributed by atoms with van der Waals surface area (Å²) in [6, 6.07) is 4.71. The van der Waals surface area contributed by atoms with Crippen LogP contribution in [0.5, 0.6) is 0 Å². The molecule has 1 N–H and O–H groups in total. The van der Waals surface area contributed by atoms with Crippen molar-refractivity contribution in [2.45, 2.75) is 30.9 Å². The Morgan fingerprint density at radius 2 is 1.63 bits per heavy atom.